The highest BCUT2D eigenvalue weighted by Crippen LogP contribution is 1.88. The molecule has 2 aromatic heterocycles. The zero-order chi connectivity index (χ0) is 10.6. The van der Waals surface area contributed by atoms with Crippen LogP contribution in [-0.4, -0.2) is 24.8 Å². The molecule has 0 fully saturated rings. The SMILES string of the molecule is C.Cc1cn(C)nn1.Cc1cnn(C)c1. The van der Waals surface area contributed by atoms with Gasteiger partial charge in [-0.3, -0.25) is 9.36 Å². The fourth-order valence-corrected chi connectivity index (χ4v) is 1.01. The van der Waals surface area contributed by atoms with Gasteiger partial charge in [0.1, 0.15) is 0 Å². The number of rotatable bonds is 0. The first kappa shape index (κ1) is 13.4. The van der Waals surface area contributed by atoms with Crippen LogP contribution < -0.4 is 0 Å². The van der Waals surface area contributed by atoms with E-state index >= 15 is 0 Å². The third-order valence-corrected chi connectivity index (χ3v) is 1.55. The number of aromatic nitrogens is 5. The standard InChI is InChI=1S/C5H8N2.C4H7N3.CH4/c1-5-3-6-7(2)4-5;1-4-3-7(2)6-5-4;/h3-4H,1-2H3;3H,1-2H3;1H4. The summed E-state index contributed by atoms with van der Waals surface area (Å²) in [6.07, 6.45) is 5.67. The average Bonchev–Trinajstić information content (AvgIpc) is 2.63. The Morgan fingerprint density at radius 3 is 1.87 bits per heavy atom. The van der Waals surface area contributed by atoms with Crippen molar-refractivity contribution < 1.29 is 0 Å². The van der Waals surface area contributed by atoms with Crippen LogP contribution in [0.4, 0.5) is 0 Å². The smallest absolute Gasteiger partial charge is 0.0796 e. The summed E-state index contributed by atoms with van der Waals surface area (Å²) in [7, 11) is 3.76. The highest BCUT2D eigenvalue weighted by molar-refractivity contribution is 4.98. The first-order chi connectivity index (χ1) is 6.58. The van der Waals surface area contributed by atoms with Crippen molar-refractivity contribution in [3.05, 3.63) is 29.8 Å². The van der Waals surface area contributed by atoms with Crippen LogP contribution in [0.15, 0.2) is 18.6 Å². The van der Waals surface area contributed by atoms with Gasteiger partial charge in [0.2, 0.25) is 0 Å². The van der Waals surface area contributed by atoms with Crippen molar-refractivity contribution in [3.63, 3.8) is 0 Å². The zero-order valence-electron chi connectivity index (χ0n) is 8.97. The molecule has 0 amide bonds. The lowest BCUT2D eigenvalue weighted by molar-refractivity contribution is 0.714. The molecule has 15 heavy (non-hydrogen) atoms. The Morgan fingerprint density at radius 2 is 1.73 bits per heavy atom. The maximum atomic E-state index is 3.93. The summed E-state index contributed by atoms with van der Waals surface area (Å²) < 4.78 is 3.46. The number of aryl methyl sites for hydroxylation is 4. The van der Waals surface area contributed by atoms with Gasteiger partial charge in [-0.25, -0.2) is 0 Å². The summed E-state index contributed by atoms with van der Waals surface area (Å²) in [4.78, 5) is 0. The molecule has 2 aromatic rings. The lowest BCUT2D eigenvalue weighted by atomic mass is 10.4. The van der Waals surface area contributed by atoms with Crippen LogP contribution in [0, 0.1) is 13.8 Å². The summed E-state index contributed by atoms with van der Waals surface area (Å²) in [5.41, 5.74) is 2.17. The molecule has 0 aliphatic heterocycles. The Balaban J connectivity index is 0.000000245. The Morgan fingerprint density at radius 1 is 1.07 bits per heavy atom. The van der Waals surface area contributed by atoms with Crippen molar-refractivity contribution >= 4 is 0 Å². The predicted molar refractivity (Wildman–Crippen MR) is 60.4 cm³/mol. The molecular weight excluding hydrogens is 190 g/mol. The molecule has 0 aliphatic rings. The Labute approximate surface area is 90.7 Å². The normalized spacial score (nSPS) is 8.80. The molecule has 2 heterocycles. The monoisotopic (exact) mass is 209 g/mol. The van der Waals surface area contributed by atoms with E-state index in [1.807, 2.05) is 46.5 Å². The van der Waals surface area contributed by atoms with Crippen LogP contribution in [0.25, 0.3) is 0 Å². The van der Waals surface area contributed by atoms with Gasteiger partial charge in [-0.2, -0.15) is 5.10 Å². The molecule has 5 heteroatoms. The molecule has 0 bridgehead atoms. The van der Waals surface area contributed by atoms with Gasteiger partial charge >= 0.3 is 0 Å². The lowest BCUT2D eigenvalue weighted by Gasteiger charge is -1.78. The van der Waals surface area contributed by atoms with E-state index in [0.717, 1.165) is 5.69 Å². The third kappa shape index (κ3) is 4.95. The van der Waals surface area contributed by atoms with E-state index in [0.29, 0.717) is 0 Å². The van der Waals surface area contributed by atoms with Gasteiger partial charge < -0.3 is 0 Å². The van der Waals surface area contributed by atoms with Gasteiger partial charge in [-0.05, 0) is 19.4 Å². The molecule has 84 valence electrons. The fraction of sp³-hybridized carbons (Fsp3) is 0.500. The maximum absolute atomic E-state index is 3.93. The molecule has 2 rings (SSSR count). The molecule has 0 unspecified atom stereocenters. The Hall–Kier alpha value is -1.65. The average molecular weight is 209 g/mol. The quantitative estimate of drug-likeness (QED) is 0.660. The Bertz CT molecular complexity index is 317. The molecule has 0 saturated carbocycles. The van der Waals surface area contributed by atoms with E-state index in [2.05, 4.69) is 15.4 Å². The second-order valence-electron chi connectivity index (χ2n) is 3.22. The van der Waals surface area contributed by atoms with Crippen molar-refractivity contribution in [1.29, 1.82) is 0 Å². The third-order valence-electron chi connectivity index (χ3n) is 1.55. The van der Waals surface area contributed by atoms with Crippen LogP contribution in [0.3, 0.4) is 0 Å². The summed E-state index contributed by atoms with van der Waals surface area (Å²) in [5, 5.41) is 11.3. The first-order valence-electron chi connectivity index (χ1n) is 4.36. The van der Waals surface area contributed by atoms with E-state index in [1.54, 1.807) is 9.36 Å². The molecular formula is C10H19N5. The van der Waals surface area contributed by atoms with Crippen LogP contribution in [0.2, 0.25) is 0 Å². The maximum Gasteiger partial charge on any atom is 0.0796 e. The number of hydrogen-bond acceptors (Lipinski definition) is 3. The van der Waals surface area contributed by atoms with E-state index in [9.17, 15) is 0 Å². The van der Waals surface area contributed by atoms with Crippen LogP contribution in [0.1, 0.15) is 18.7 Å². The van der Waals surface area contributed by atoms with Gasteiger partial charge in [0.05, 0.1) is 11.9 Å². The van der Waals surface area contributed by atoms with E-state index in [1.165, 1.54) is 5.56 Å². The minimum absolute atomic E-state index is 0. The molecule has 0 radical (unpaired) electrons. The predicted octanol–water partition coefficient (Wildman–Crippen LogP) is 1.49. The van der Waals surface area contributed by atoms with Gasteiger partial charge in [-0.1, -0.05) is 12.6 Å². The van der Waals surface area contributed by atoms with E-state index < -0.39 is 0 Å². The first-order valence-corrected chi connectivity index (χ1v) is 4.36. The van der Waals surface area contributed by atoms with Crippen molar-refractivity contribution in [3.8, 4) is 0 Å². The van der Waals surface area contributed by atoms with Crippen molar-refractivity contribution in [2.24, 2.45) is 14.1 Å². The van der Waals surface area contributed by atoms with E-state index in [-0.39, 0.29) is 7.43 Å². The van der Waals surface area contributed by atoms with Crippen LogP contribution in [0.5, 0.6) is 0 Å². The number of hydrogen-bond donors (Lipinski definition) is 0. The van der Waals surface area contributed by atoms with Gasteiger partial charge in [-0.15, -0.1) is 5.10 Å². The molecule has 0 atom stereocenters. The molecule has 5 nitrogen and oxygen atoms in total. The fourth-order valence-electron chi connectivity index (χ4n) is 1.01. The van der Waals surface area contributed by atoms with Crippen LogP contribution >= 0.6 is 0 Å². The highest BCUT2D eigenvalue weighted by atomic mass is 15.4. The van der Waals surface area contributed by atoms with Crippen LogP contribution in [-0.2, 0) is 14.1 Å². The number of nitrogens with zero attached hydrogens (tertiary/aromatic N) is 5. The summed E-state index contributed by atoms with van der Waals surface area (Å²) in [6.45, 7) is 3.93. The van der Waals surface area contributed by atoms with Gasteiger partial charge in [0.25, 0.3) is 0 Å². The molecule has 0 saturated heterocycles. The molecule has 0 aliphatic carbocycles. The lowest BCUT2D eigenvalue weighted by Crippen LogP contribution is -1.85. The zero-order valence-corrected chi connectivity index (χ0v) is 8.97. The largest absolute Gasteiger partial charge is 0.276 e. The topological polar surface area (TPSA) is 48.5 Å². The van der Waals surface area contributed by atoms with Crippen molar-refractivity contribution in [2.75, 3.05) is 0 Å². The molecule has 0 N–H and O–H groups in total. The summed E-state index contributed by atoms with van der Waals surface area (Å²) >= 11 is 0. The molecule has 0 aromatic carbocycles. The molecule has 0 spiro atoms. The summed E-state index contributed by atoms with van der Waals surface area (Å²) in [6, 6.07) is 0. The minimum Gasteiger partial charge on any atom is -0.276 e. The Kier molecular flexibility index (Phi) is 5.30. The van der Waals surface area contributed by atoms with Gasteiger partial charge in [0.15, 0.2) is 0 Å². The van der Waals surface area contributed by atoms with E-state index in [4.69, 9.17) is 0 Å². The van der Waals surface area contributed by atoms with Gasteiger partial charge in [0, 0.05) is 26.5 Å². The second kappa shape index (κ2) is 5.95. The van der Waals surface area contributed by atoms with Crippen molar-refractivity contribution in [1.82, 2.24) is 24.8 Å². The second-order valence-corrected chi connectivity index (χ2v) is 3.22. The highest BCUT2D eigenvalue weighted by Gasteiger charge is 1.83. The minimum atomic E-state index is 0. The summed E-state index contributed by atoms with van der Waals surface area (Å²) in [5.74, 6) is 0. The van der Waals surface area contributed by atoms with Crippen molar-refractivity contribution in [2.45, 2.75) is 21.3 Å².